The highest BCUT2D eigenvalue weighted by molar-refractivity contribution is 4.98. The molecule has 1 unspecified atom stereocenters. The van der Waals surface area contributed by atoms with Gasteiger partial charge in [0, 0.05) is 25.0 Å². The van der Waals surface area contributed by atoms with Gasteiger partial charge in [-0.05, 0) is 33.1 Å². The van der Waals surface area contributed by atoms with Crippen LogP contribution in [0.2, 0.25) is 0 Å². The molecule has 0 saturated carbocycles. The summed E-state index contributed by atoms with van der Waals surface area (Å²) in [4.78, 5) is 5.15. The zero-order valence-electron chi connectivity index (χ0n) is 15.0. The molecule has 0 amide bonds. The minimum atomic E-state index is 0.613. The van der Waals surface area contributed by atoms with Gasteiger partial charge in [0.2, 0.25) is 0 Å². The average Bonchev–Trinajstić information content (AvgIpc) is 2.86. The highest BCUT2D eigenvalue weighted by Gasteiger charge is 2.26. The van der Waals surface area contributed by atoms with Gasteiger partial charge in [-0.15, -0.1) is 0 Å². The summed E-state index contributed by atoms with van der Waals surface area (Å²) in [7, 11) is 0. The molecule has 0 saturated heterocycles. The Bertz CT molecular complexity index is 273. The van der Waals surface area contributed by atoms with Crippen molar-refractivity contribution in [1.82, 2.24) is 9.80 Å². The van der Waals surface area contributed by atoms with Crippen molar-refractivity contribution in [1.29, 1.82) is 0 Å². The van der Waals surface area contributed by atoms with Gasteiger partial charge in [0.1, 0.15) is 6.17 Å². The Labute approximate surface area is 133 Å². The van der Waals surface area contributed by atoms with Gasteiger partial charge in [0.05, 0.1) is 0 Å². The van der Waals surface area contributed by atoms with E-state index in [9.17, 15) is 0 Å². The SMILES string of the molecule is CCCCCCCN1C=CN(C(C)C)C1CCCCCC. The fraction of sp³-hybridized carbons (Fsp3) is 0.895. The molecule has 0 N–H and O–H groups in total. The molecular formula is C19H38N2. The maximum atomic E-state index is 2.60. The fourth-order valence-electron chi connectivity index (χ4n) is 3.24. The fourth-order valence-corrected chi connectivity index (χ4v) is 3.24. The van der Waals surface area contributed by atoms with Crippen LogP contribution in [0.5, 0.6) is 0 Å². The molecule has 1 heterocycles. The molecule has 0 spiro atoms. The number of rotatable bonds is 12. The summed E-state index contributed by atoms with van der Waals surface area (Å²) in [6.45, 7) is 10.4. The summed E-state index contributed by atoms with van der Waals surface area (Å²) >= 11 is 0. The topological polar surface area (TPSA) is 6.48 Å². The predicted molar refractivity (Wildman–Crippen MR) is 94.1 cm³/mol. The summed E-state index contributed by atoms with van der Waals surface area (Å²) in [5.74, 6) is 0. The van der Waals surface area contributed by atoms with Crippen molar-refractivity contribution < 1.29 is 0 Å². The third-order valence-electron chi connectivity index (χ3n) is 4.59. The molecule has 2 heteroatoms. The van der Waals surface area contributed by atoms with Crippen LogP contribution in [0.15, 0.2) is 12.4 Å². The molecule has 124 valence electrons. The number of hydrogen-bond donors (Lipinski definition) is 0. The van der Waals surface area contributed by atoms with Crippen molar-refractivity contribution in [2.24, 2.45) is 0 Å². The van der Waals surface area contributed by atoms with Crippen LogP contribution in [0.25, 0.3) is 0 Å². The van der Waals surface area contributed by atoms with E-state index in [-0.39, 0.29) is 0 Å². The maximum absolute atomic E-state index is 2.60. The van der Waals surface area contributed by atoms with E-state index in [0.717, 1.165) is 0 Å². The third kappa shape index (κ3) is 6.76. The Balaban J connectivity index is 2.34. The zero-order chi connectivity index (χ0) is 15.5. The van der Waals surface area contributed by atoms with Crippen LogP contribution in [-0.4, -0.2) is 28.6 Å². The normalized spacial score (nSPS) is 18.2. The molecule has 0 aromatic carbocycles. The van der Waals surface area contributed by atoms with E-state index in [2.05, 4.69) is 49.9 Å². The molecule has 1 aliphatic rings. The first-order valence-electron chi connectivity index (χ1n) is 9.42. The van der Waals surface area contributed by atoms with Crippen LogP contribution in [0, 0.1) is 0 Å². The molecule has 0 bridgehead atoms. The van der Waals surface area contributed by atoms with Gasteiger partial charge >= 0.3 is 0 Å². The Kier molecular flexibility index (Phi) is 9.62. The maximum Gasteiger partial charge on any atom is 0.101 e. The van der Waals surface area contributed by atoms with Crippen molar-refractivity contribution in [3.8, 4) is 0 Å². The minimum absolute atomic E-state index is 0.613. The number of hydrogen-bond acceptors (Lipinski definition) is 2. The molecular weight excluding hydrogens is 256 g/mol. The molecule has 0 aromatic heterocycles. The quantitative estimate of drug-likeness (QED) is 0.423. The van der Waals surface area contributed by atoms with Crippen LogP contribution in [0.4, 0.5) is 0 Å². The van der Waals surface area contributed by atoms with Gasteiger partial charge < -0.3 is 9.80 Å². The molecule has 21 heavy (non-hydrogen) atoms. The smallest absolute Gasteiger partial charge is 0.101 e. The lowest BCUT2D eigenvalue weighted by Gasteiger charge is -2.35. The van der Waals surface area contributed by atoms with Gasteiger partial charge in [-0.3, -0.25) is 0 Å². The van der Waals surface area contributed by atoms with Gasteiger partial charge in [-0.1, -0.05) is 58.8 Å². The molecule has 0 fully saturated rings. The van der Waals surface area contributed by atoms with E-state index in [1.165, 1.54) is 70.8 Å². The first-order chi connectivity index (χ1) is 10.2. The number of nitrogens with zero attached hydrogens (tertiary/aromatic N) is 2. The van der Waals surface area contributed by atoms with E-state index in [1.807, 2.05) is 0 Å². The second kappa shape index (κ2) is 11.0. The number of unbranched alkanes of at least 4 members (excludes halogenated alkanes) is 7. The van der Waals surface area contributed by atoms with Crippen LogP contribution >= 0.6 is 0 Å². The lowest BCUT2D eigenvalue weighted by atomic mass is 10.1. The Hall–Kier alpha value is -0.660. The molecule has 2 nitrogen and oxygen atoms in total. The third-order valence-corrected chi connectivity index (χ3v) is 4.59. The summed E-state index contributed by atoms with van der Waals surface area (Å²) in [5, 5.41) is 0. The first-order valence-corrected chi connectivity index (χ1v) is 9.42. The summed E-state index contributed by atoms with van der Waals surface area (Å²) in [6.07, 6.45) is 19.0. The van der Waals surface area contributed by atoms with Crippen LogP contribution < -0.4 is 0 Å². The molecule has 1 aliphatic heterocycles. The minimum Gasteiger partial charge on any atom is -0.356 e. The molecule has 0 aliphatic carbocycles. The highest BCUT2D eigenvalue weighted by Crippen LogP contribution is 2.24. The van der Waals surface area contributed by atoms with Crippen molar-refractivity contribution in [3.05, 3.63) is 12.4 Å². The highest BCUT2D eigenvalue weighted by atomic mass is 15.4. The largest absolute Gasteiger partial charge is 0.356 e. The summed E-state index contributed by atoms with van der Waals surface area (Å²) in [6, 6.07) is 0.613. The van der Waals surface area contributed by atoms with E-state index < -0.39 is 0 Å². The van der Waals surface area contributed by atoms with Gasteiger partial charge in [0.15, 0.2) is 0 Å². The van der Waals surface area contributed by atoms with Gasteiger partial charge in [0.25, 0.3) is 0 Å². The Morgan fingerprint density at radius 2 is 1.43 bits per heavy atom. The Morgan fingerprint density at radius 1 is 0.810 bits per heavy atom. The van der Waals surface area contributed by atoms with Gasteiger partial charge in [-0.25, -0.2) is 0 Å². The summed E-state index contributed by atoms with van der Waals surface area (Å²) in [5.41, 5.74) is 0. The van der Waals surface area contributed by atoms with Crippen LogP contribution in [0.1, 0.15) is 91.9 Å². The van der Waals surface area contributed by atoms with E-state index >= 15 is 0 Å². The van der Waals surface area contributed by atoms with Crippen molar-refractivity contribution in [3.63, 3.8) is 0 Å². The lowest BCUT2D eigenvalue weighted by molar-refractivity contribution is 0.114. The Morgan fingerprint density at radius 3 is 2.05 bits per heavy atom. The predicted octanol–water partition coefficient (Wildman–Crippen LogP) is 5.75. The second-order valence-electron chi connectivity index (χ2n) is 6.82. The monoisotopic (exact) mass is 294 g/mol. The summed E-state index contributed by atoms with van der Waals surface area (Å²) < 4.78 is 0. The standard InChI is InChI=1S/C19H38N2/c1-5-7-9-11-13-15-20-16-17-21(18(3)4)19(20)14-12-10-8-6-2/h16-19H,5-15H2,1-4H3. The van der Waals surface area contributed by atoms with Crippen molar-refractivity contribution in [2.75, 3.05) is 6.54 Å². The van der Waals surface area contributed by atoms with Crippen LogP contribution in [-0.2, 0) is 0 Å². The van der Waals surface area contributed by atoms with E-state index in [4.69, 9.17) is 0 Å². The van der Waals surface area contributed by atoms with Crippen molar-refractivity contribution in [2.45, 2.75) is 104 Å². The lowest BCUT2D eigenvalue weighted by Crippen LogP contribution is -2.42. The molecule has 1 rings (SSSR count). The molecule has 1 atom stereocenters. The first kappa shape index (κ1) is 18.4. The average molecular weight is 295 g/mol. The van der Waals surface area contributed by atoms with E-state index in [1.54, 1.807) is 0 Å². The second-order valence-corrected chi connectivity index (χ2v) is 6.82. The molecule has 0 radical (unpaired) electrons. The van der Waals surface area contributed by atoms with Crippen molar-refractivity contribution >= 4 is 0 Å². The van der Waals surface area contributed by atoms with Crippen LogP contribution in [0.3, 0.4) is 0 Å². The van der Waals surface area contributed by atoms with E-state index in [0.29, 0.717) is 12.2 Å². The molecule has 0 aromatic rings. The zero-order valence-corrected chi connectivity index (χ0v) is 15.0. The van der Waals surface area contributed by atoms with Gasteiger partial charge in [-0.2, -0.15) is 0 Å².